The molecule has 0 fully saturated rings. The molecule has 2 rings (SSSR count). The average Bonchev–Trinajstić information content (AvgIpc) is 2.34. The van der Waals surface area contributed by atoms with Crippen molar-refractivity contribution in [2.75, 3.05) is 0 Å². The molecular formula is C6H4N3O+. The molecule has 1 aromatic rings. The van der Waals surface area contributed by atoms with Crippen LogP contribution in [0.1, 0.15) is 17.5 Å². The molecule has 48 valence electrons. The molecule has 1 aliphatic rings. The highest BCUT2D eigenvalue weighted by atomic mass is 16.1. The van der Waals surface area contributed by atoms with Gasteiger partial charge in [0.1, 0.15) is 6.33 Å². The van der Waals surface area contributed by atoms with E-state index in [-0.39, 0.29) is 7.33 Å². The quantitative estimate of drug-likeness (QED) is 0.508. The van der Waals surface area contributed by atoms with Gasteiger partial charge in [0, 0.05) is 6.20 Å². The summed E-state index contributed by atoms with van der Waals surface area (Å²) in [7, 11) is 0. The third-order valence-electron chi connectivity index (χ3n) is 1.28. The first-order valence-corrected chi connectivity index (χ1v) is 2.76. The van der Waals surface area contributed by atoms with E-state index in [1.165, 1.54) is 18.7 Å². The number of carbonyl (C=O) groups is 1. The Morgan fingerprint density at radius 1 is 1.50 bits per heavy atom. The fraction of sp³-hybridized carbons (Fsp3) is 0. The number of aromatic nitrogens is 2. The van der Waals surface area contributed by atoms with Crippen molar-refractivity contribution in [3.8, 4) is 0 Å². The average molecular weight is 134 g/mol. The molecule has 4 nitrogen and oxygen atoms in total. The molecule has 2 heterocycles. The summed E-state index contributed by atoms with van der Waals surface area (Å²) in [5.74, 6) is -0.254. The van der Waals surface area contributed by atoms with Crippen molar-refractivity contribution in [3.05, 3.63) is 23.8 Å². The van der Waals surface area contributed by atoms with E-state index in [2.05, 4.69) is 15.0 Å². The van der Waals surface area contributed by atoms with Crippen LogP contribution in [-0.4, -0.2) is 22.1 Å². The standard InChI is InChI=1S/C6H3N3O/c10-6-4-1-7-3-9-5(4)2-8-6/h1-3H/p+1. The molecule has 0 atom stereocenters. The number of aliphatic imine (C=N–C) groups is 1. The normalized spacial score (nSPS) is 13.8. The van der Waals surface area contributed by atoms with Crippen LogP contribution in [0.4, 0.5) is 0 Å². The molecule has 0 N–H and O–H groups in total. The van der Waals surface area contributed by atoms with Crippen molar-refractivity contribution in [1.29, 1.82) is 0 Å². The van der Waals surface area contributed by atoms with Gasteiger partial charge in [0.25, 0.3) is 5.91 Å². The van der Waals surface area contributed by atoms with Crippen molar-refractivity contribution >= 4 is 12.1 Å². The number of nitrogens with zero attached hydrogens (tertiary/aromatic N) is 3. The highest BCUT2D eigenvalue weighted by Gasteiger charge is 2.15. The lowest BCUT2D eigenvalue weighted by Crippen LogP contribution is -1.94. The van der Waals surface area contributed by atoms with Crippen molar-refractivity contribution in [2.45, 2.75) is 0 Å². The minimum absolute atomic E-state index is 0. The monoisotopic (exact) mass is 134 g/mol. The number of fused-ring (bicyclic) bond motifs is 1. The maximum atomic E-state index is 10.8. The third-order valence-corrected chi connectivity index (χ3v) is 1.28. The van der Waals surface area contributed by atoms with E-state index in [1.54, 1.807) is 0 Å². The maximum Gasteiger partial charge on any atom is 1.00 e. The third kappa shape index (κ3) is 0.556. The highest BCUT2D eigenvalue weighted by molar-refractivity contribution is 6.11. The minimum atomic E-state index is -0.254. The Balaban J connectivity index is 0.000000605. The first-order valence-electron chi connectivity index (χ1n) is 2.76. The van der Waals surface area contributed by atoms with E-state index in [4.69, 9.17) is 0 Å². The lowest BCUT2D eigenvalue weighted by Gasteiger charge is -1.88. The molecule has 0 aliphatic carbocycles. The first-order chi connectivity index (χ1) is 4.88. The zero-order valence-corrected chi connectivity index (χ0v) is 4.98. The van der Waals surface area contributed by atoms with E-state index in [9.17, 15) is 4.79 Å². The maximum absolute atomic E-state index is 10.8. The highest BCUT2D eigenvalue weighted by Crippen LogP contribution is 2.08. The van der Waals surface area contributed by atoms with Crippen molar-refractivity contribution in [3.63, 3.8) is 0 Å². The predicted octanol–water partition coefficient (Wildman–Crippen LogP) is 0.162. The van der Waals surface area contributed by atoms with Crippen LogP contribution in [0.3, 0.4) is 0 Å². The molecule has 1 aliphatic heterocycles. The zero-order valence-electron chi connectivity index (χ0n) is 5.98. The fourth-order valence-electron chi connectivity index (χ4n) is 0.796. The zero-order chi connectivity index (χ0) is 6.97. The number of rotatable bonds is 0. The van der Waals surface area contributed by atoms with Crippen LogP contribution in [0.2, 0.25) is 0 Å². The minimum Gasteiger partial charge on any atom is -0.267 e. The van der Waals surface area contributed by atoms with E-state index >= 15 is 0 Å². The Labute approximate surface area is 58.1 Å². The second-order valence-electron chi connectivity index (χ2n) is 1.89. The second kappa shape index (κ2) is 1.70. The van der Waals surface area contributed by atoms with Gasteiger partial charge in [0.15, 0.2) is 0 Å². The number of amides is 1. The van der Waals surface area contributed by atoms with Gasteiger partial charge in [-0.2, -0.15) is 0 Å². The van der Waals surface area contributed by atoms with Gasteiger partial charge in [-0.05, 0) is 0 Å². The first kappa shape index (κ1) is 5.22. The molecule has 4 heteroatoms. The molecule has 0 aromatic carbocycles. The second-order valence-corrected chi connectivity index (χ2v) is 1.89. The number of hydrogen-bond acceptors (Lipinski definition) is 3. The van der Waals surface area contributed by atoms with Crippen LogP contribution in [0.25, 0.3) is 0 Å². The van der Waals surface area contributed by atoms with E-state index in [0.717, 1.165) is 0 Å². The lowest BCUT2D eigenvalue weighted by molar-refractivity contribution is 0.101. The van der Waals surface area contributed by atoms with Crippen LogP contribution in [0.15, 0.2) is 17.5 Å². The summed E-state index contributed by atoms with van der Waals surface area (Å²) in [6, 6.07) is 0. The van der Waals surface area contributed by atoms with Crippen LogP contribution >= 0.6 is 0 Å². The molecule has 0 spiro atoms. The van der Waals surface area contributed by atoms with Crippen molar-refractivity contribution in [2.24, 2.45) is 4.99 Å². The van der Waals surface area contributed by atoms with Crippen LogP contribution in [0.5, 0.6) is 0 Å². The van der Waals surface area contributed by atoms with Crippen LogP contribution in [0, 0.1) is 0 Å². The Hall–Kier alpha value is -1.58. The topological polar surface area (TPSA) is 55.2 Å². The summed E-state index contributed by atoms with van der Waals surface area (Å²) in [5, 5.41) is 0. The van der Waals surface area contributed by atoms with E-state index in [1.807, 2.05) is 0 Å². The molecule has 1 aromatic heterocycles. The SMILES string of the molecule is O=C1N=Cc2ncncc21.[H+]. The van der Waals surface area contributed by atoms with E-state index in [0.29, 0.717) is 11.3 Å². The van der Waals surface area contributed by atoms with Gasteiger partial charge in [-0.25, -0.2) is 15.0 Å². The summed E-state index contributed by atoms with van der Waals surface area (Å²) in [6.07, 6.45) is 4.31. The molecular weight excluding hydrogens is 130 g/mol. The molecule has 1 amide bonds. The number of hydrogen-bond donors (Lipinski definition) is 0. The van der Waals surface area contributed by atoms with Crippen LogP contribution in [-0.2, 0) is 0 Å². The van der Waals surface area contributed by atoms with Gasteiger partial charge in [0.2, 0.25) is 0 Å². The van der Waals surface area contributed by atoms with Gasteiger partial charge in [-0.15, -0.1) is 0 Å². The largest absolute Gasteiger partial charge is 1.00 e. The molecule has 0 saturated carbocycles. The molecule has 10 heavy (non-hydrogen) atoms. The molecule has 0 bridgehead atoms. The number of carbonyl (C=O) groups excluding carboxylic acids is 1. The smallest absolute Gasteiger partial charge is 0.267 e. The van der Waals surface area contributed by atoms with Gasteiger partial charge in [0.05, 0.1) is 17.5 Å². The van der Waals surface area contributed by atoms with Crippen LogP contribution < -0.4 is 0 Å². The summed E-state index contributed by atoms with van der Waals surface area (Å²) in [4.78, 5) is 21.8. The summed E-state index contributed by atoms with van der Waals surface area (Å²) in [5.41, 5.74) is 1.10. The van der Waals surface area contributed by atoms with Crippen molar-refractivity contribution < 1.29 is 6.22 Å². The molecule has 0 saturated heterocycles. The van der Waals surface area contributed by atoms with Crippen molar-refractivity contribution in [1.82, 2.24) is 9.97 Å². The Kier molecular flexibility index (Phi) is 0.887. The van der Waals surface area contributed by atoms with Gasteiger partial charge < -0.3 is 0 Å². The van der Waals surface area contributed by atoms with Gasteiger partial charge in [-0.1, -0.05) is 0 Å². The van der Waals surface area contributed by atoms with Gasteiger partial charge >= 0.3 is 1.43 Å². The molecule has 0 unspecified atom stereocenters. The summed E-state index contributed by atoms with van der Waals surface area (Å²) >= 11 is 0. The predicted molar refractivity (Wildman–Crippen MR) is 35.1 cm³/mol. The Bertz CT molecular complexity index is 323. The Morgan fingerprint density at radius 2 is 2.40 bits per heavy atom. The molecule has 0 radical (unpaired) electrons. The summed E-state index contributed by atoms with van der Waals surface area (Å²) < 4.78 is 0. The summed E-state index contributed by atoms with van der Waals surface area (Å²) in [6.45, 7) is 0. The van der Waals surface area contributed by atoms with Gasteiger partial charge in [-0.3, -0.25) is 4.79 Å². The fourth-order valence-corrected chi connectivity index (χ4v) is 0.796. The van der Waals surface area contributed by atoms with E-state index < -0.39 is 0 Å². The Morgan fingerprint density at radius 3 is 3.20 bits per heavy atom. The lowest BCUT2D eigenvalue weighted by atomic mass is 10.3.